The summed E-state index contributed by atoms with van der Waals surface area (Å²) in [6.45, 7) is 2.14. The molecule has 0 spiro atoms. The molecule has 2 nitrogen and oxygen atoms in total. The van der Waals surface area contributed by atoms with Gasteiger partial charge in [0.2, 0.25) is 0 Å². The molecule has 0 saturated heterocycles. The van der Waals surface area contributed by atoms with Gasteiger partial charge in [0.15, 0.2) is 0 Å². The van der Waals surface area contributed by atoms with Crippen molar-refractivity contribution in [3.05, 3.63) is 95.8 Å². The Morgan fingerprint density at radius 2 is 1.57 bits per heavy atom. The largest absolute Gasteiger partial charge is 0.303 e. The number of hydrogen-bond donors (Lipinski definition) is 0. The maximum absolute atomic E-state index is 4.90. The molecule has 0 bridgehead atoms. The van der Waals surface area contributed by atoms with Crippen LogP contribution in [0.15, 0.2) is 79.0 Å². The van der Waals surface area contributed by atoms with Gasteiger partial charge in [-0.1, -0.05) is 60.7 Å². The number of fused-ring (bicyclic) bond motifs is 1. The third-order valence-corrected chi connectivity index (χ3v) is 4.24. The van der Waals surface area contributed by atoms with E-state index in [9.17, 15) is 0 Å². The lowest BCUT2D eigenvalue weighted by Gasteiger charge is -2.08. The average Bonchev–Trinajstić information content (AvgIpc) is 2.95. The van der Waals surface area contributed by atoms with Crippen LogP contribution in [0.1, 0.15) is 16.8 Å². The molecular weight excluding hydrogens is 280 g/mol. The summed E-state index contributed by atoms with van der Waals surface area (Å²) in [7, 11) is 0. The molecule has 0 aliphatic rings. The highest BCUT2D eigenvalue weighted by Crippen LogP contribution is 2.28. The molecule has 23 heavy (non-hydrogen) atoms. The first-order valence-corrected chi connectivity index (χ1v) is 7.89. The molecule has 0 aliphatic carbocycles. The summed E-state index contributed by atoms with van der Waals surface area (Å²) < 4.78 is 2.20. The third kappa shape index (κ3) is 2.53. The molecule has 4 aromatic rings. The number of imidazole rings is 1. The first-order valence-electron chi connectivity index (χ1n) is 7.89. The van der Waals surface area contributed by atoms with Crippen molar-refractivity contribution in [2.24, 2.45) is 0 Å². The zero-order chi connectivity index (χ0) is 15.6. The van der Waals surface area contributed by atoms with Crippen molar-refractivity contribution in [3.63, 3.8) is 0 Å². The van der Waals surface area contributed by atoms with E-state index in [1.807, 2.05) is 6.07 Å². The quantitative estimate of drug-likeness (QED) is 0.526. The van der Waals surface area contributed by atoms with Crippen LogP contribution >= 0.6 is 0 Å². The molecule has 112 valence electrons. The van der Waals surface area contributed by atoms with Crippen molar-refractivity contribution >= 4 is 5.65 Å². The summed E-state index contributed by atoms with van der Waals surface area (Å²) >= 11 is 0. The first-order chi connectivity index (χ1) is 11.3. The Morgan fingerprint density at radius 1 is 0.826 bits per heavy atom. The molecule has 0 N–H and O–H groups in total. The predicted octanol–water partition coefficient (Wildman–Crippen LogP) is 4.90. The lowest BCUT2D eigenvalue weighted by Crippen LogP contribution is -1.97. The van der Waals surface area contributed by atoms with Gasteiger partial charge in [-0.3, -0.25) is 0 Å². The fourth-order valence-electron chi connectivity index (χ4n) is 3.06. The lowest BCUT2D eigenvalue weighted by molar-refractivity contribution is 1.03. The van der Waals surface area contributed by atoms with Crippen molar-refractivity contribution in [1.29, 1.82) is 0 Å². The lowest BCUT2D eigenvalue weighted by atomic mass is 10.0. The Balaban J connectivity index is 1.93. The molecule has 0 radical (unpaired) electrons. The van der Waals surface area contributed by atoms with Gasteiger partial charge < -0.3 is 4.40 Å². The second-order valence-corrected chi connectivity index (χ2v) is 5.81. The van der Waals surface area contributed by atoms with Crippen molar-refractivity contribution in [1.82, 2.24) is 9.38 Å². The van der Waals surface area contributed by atoms with E-state index in [-0.39, 0.29) is 0 Å². The van der Waals surface area contributed by atoms with Gasteiger partial charge in [0.05, 0.1) is 11.4 Å². The molecule has 0 saturated carbocycles. The zero-order valence-electron chi connectivity index (χ0n) is 13.1. The Bertz CT molecular complexity index is 952. The van der Waals surface area contributed by atoms with Gasteiger partial charge in [0, 0.05) is 18.2 Å². The minimum Gasteiger partial charge on any atom is -0.303 e. The number of aryl methyl sites for hydroxylation is 1. The highest BCUT2D eigenvalue weighted by Gasteiger charge is 2.15. The van der Waals surface area contributed by atoms with Crippen LogP contribution in [0.25, 0.3) is 16.9 Å². The second kappa shape index (κ2) is 5.73. The Labute approximate surface area is 136 Å². The summed E-state index contributed by atoms with van der Waals surface area (Å²) in [5.74, 6) is 0. The van der Waals surface area contributed by atoms with Crippen LogP contribution in [0.3, 0.4) is 0 Å². The highest BCUT2D eigenvalue weighted by molar-refractivity contribution is 5.70. The van der Waals surface area contributed by atoms with E-state index in [0.717, 1.165) is 17.8 Å². The van der Waals surface area contributed by atoms with Crippen molar-refractivity contribution in [3.8, 4) is 11.3 Å². The second-order valence-electron chi connectivity index (χ2n) is 5.81. The maximum atomic E-state index is 4.90. The van der Waals surface area contributed by atoms with Gasteiger partial charge in [0.1, 0.15) is 5.65 Å². The minimum atomic E-state index is 0.871. The van der Waals surface area contributed by atoms with Gasteiger partial charge in [-0.25, -0.2) is 4.98 Å². The van der Waals surface area contributed by atoms with Crippen LogP contribution in [-0.4, -0.2) is 9.38 Å². The molecule has 0 fully saturated rings. The van der Waals surface area contributed by atoms with Gasteiger partial charge in [-0.15, -0.1) is 0 Å². The Morgan fingerprint density at radius 3 is 2.39 bits per heavy atom. The summed E-state index contributed by atoms with van der Waals surface area (Å²) in [4.78, 5) is 4.90. The number of benzene rings is 2. The average molecular weight is 298 g/mol. The number of pyridine rings is 1. The molecule has 2 aromatic carbocycles. The third-order valence-electron chi connectivity index (χ3n) is 4.24. The standard InChI is InChI=1S/C21H18N2/c1-16-9-5-6-12-18(16)21-19(15-17-10-3-2-4-11-17)23-14-8-7-13-20(23)22-21/h2-14H,15H2,1H3. The fraction of sp³-hybridized carbons (Fsp3) is 0.0952. The number of nitrogens with zero attached hydrogens (tertiary/aromatic N) is 2. The van der Waals surface area contributed by atoms with Crippen LogP contribution in [0, 0.1) is 6.92 Å². The molecule has 2 aromatic heterocycles. The number of rotatable bonds is 3. The molecule has 0 atom stereocenters. The van der Waals surface area contributed by atoms with Gasteiger partial charge in [-0.05, 0) is 30.2 Å². The fourth-order valence-corrected chi connectivity index (χ4v) is 3.06. The van der Waals surface area contributed by atoms with Crippen LogP contribution in [0.4, 0.5) is 0 Å². The summed E-state index contributed by atoms with van der Waals surface area (Å²) in [5.41, 5.74) is 7.08. The molecule has 0 unspecified atom stereocenters. The van der Waals surface area contributed by atoms with Crippen LogP contribution < -0.4 is 0 Å². The van der Waals surface area contributed by atoms with Crippen molar-refractivity contribution in [2.45, 2.75) is 13.3 Å². The van der Waals surface area contributed by atoms with Crippen molar-refractivity contribution < 1.29 is 0 Å². The van der Waals surface area contributed by atoms with Crippen LogP contribution in [0.2, 0.25) is 0 Å². The maximum Gasteiger partial charge on any atom is 0.137 e. The SMILES string of the molecule is Cc1ccccc1-c1nc2ccccn2c1Cc1ccccc1. The molecule has 2 heteroatoms. The molecule has 0 aliphatic heterocycles. The normalized spacial score (nSPS) is 11.0. The minimum absolute atomic E-state index is 0.871. The molecule has 2 heterocycles. The topological polar surface area (TPSA) is 17.3 Å². The summed E-state index contributed by atoms with van der Waals surface area (Å²) in [6.07, 6.45) is 2.97. The van der Waals surface area contributed by atoms with E-state index in [1.54, 1.807) is 0 Å². The monoisotopic (exact) mass is 298 g/mol. The Hall–Kier alpha value is -2.87. The molecule has 4 rings (SSSR count). The Kier molecular flexibility index (Phi) is 3.43. The van der Waals surface area contributed by atoms with Crippen LogP contribution in [0.5, 0.6) is 0 Å². The number of hydrogen-bond acceptors (Lipinski definition) is 1. The van der Waals surface area contributed by atoms with E-state index >= 15 is 0 Å². The van der Waals surface area contributed by atoms with E-state index in [2.05, 4.69) is 84.3 Å². The summed E-state index contributed by atoms with van der Waals surface area (Å²) in [5, 5.41) is 0. The van der Waals surface area contributed by atoms with E-state index in [1.165, 1.54) is 22.4 Å². The summed E-state index contributed by atoms with van der Waals surface area (Å²) in [6, 6.07) is 25.2. The number of aromatic nitrogens is 2. The van der Waals surface area contributed by atoms with Crippen LogP contribution in [-0.2, 0) is 6.42 Å². The van der Waals surface area contributed by atoms with Gasteiger partial charge >= 0.3 is 0 Å². The van der Waals surface area contributed by atoms with E-state index in [0.29, 0.717) is 0 Å². The highest BCUT2D eigenvalue weighted by atomic mass is 15.0. The molecule has 0 amide bonds. The van der Waals surface area contributed by atoms with Gasteiger partial charge in [0.25, 0.3) is 0 Å². The van der Waals surface area contributed by atoms with E-state index < -0.39 is 0 Å². The molecular formula is C21H18N2. The smallest absolute Gasteiger partial charge is 0.137 e. The zero-order valence-corrected chi connectivity index (χ0v) is 13.1. The predicted molar refractivity (Wildman–Crippen MR) is 94.6 cm³/mol. The first kappa shape index (κ1) is 13.8. The van der Waals surface area contributed by atoms with Gasteiger partial charge in [-0.2, -0.15) is 0 Å². The van der Waals surface area contributed by atoms with Crippen molar-refractivity contribution in [2.75, 3.05) is 0 Å². The van der Waals surface area contributed by atoms with E-state index in [4.69, 9.17) is 4.98 Å².